The van der Waals surface area contributed by atoms with Gasteiger partial charge in [-0.15, -0.1) is 0 Å². The molecule has 15 nitrogen and oxygen atoms in total. The van der Waals surface area contributed by atoms with E-state index in [0.29, 0.717) is 45.3 Å². The lowest BCUT2D eigenvalue weighted by Gasteiger charge is -2.38. The van der Waals surface area contributed by atoms with Crippen LogP contribution in [0.4, 0.5) is 5.69 Å². The van der Waals surface area contributed by atoms with Crippen molar-refractivity contribution in [3.63, 3.8) is 0 Å². The van der Waals surface area contributed by atoms with Crippen LogP contribution in [0.15, 0.2) is 60.8 Å². The number of amides is 4. The van der Waals surface area contributed by atoms with Crippen molar-refractivity contribution in [3.05, 3.63) is 72.1 Å². The van der Waals surface area contributed by atoms with E-state index < -0.39 is 41.3 Å². The number of carbonyl (C=O) groups excluding carboxylic acids is 5. The van der Waals surface area contributed by atoms with Gasteiger partial charge in [-0.2, -0.15) is 0 Å². The highest BCUT2D eigenvalue weighted by atomic mass is 16.5. The molecule has 2 N–H and O–H groups in total. The number of nitrogens with zero attached hydrogens (tertiary/aromatic N) is 6. The van der Waals surface area contributed by atoms with E-state index in [4.69, 9.17) is 14.5 Å². The summed E-state index contributed by atoms with van der Waals surface area (Å²) in [5.74, 6) is -2.44. The van der Waals surface area contributed by atoms with Gasteiger partial charge in [0.05, 0.1) is 30.0 Å². The van der Waals surface area contributed by atoms with Gasteiger partial charge in [0, 0.05) is 87.2 Å². The number of likely N-dealkylation sites (N-methyl/N-ethyl adjacent to an activating group) is 1. The zero-order chi connectivity index (χ0) is 46.7. The van der Waals surface area contributed by atoms with Crippen molar-refractivity contribution in [2.24, 2.45) is 17.3 Å². The van der Waals surface area contributed by atoms with Crippen LogP contribution >= 0.6 is 0 Å². The summed E-state index contributed by atoms with van der Waals surface area (Å²) in [6, 6.07) is 8.06. The second-order valence-electron chi connectivity index (χ2n) is 19.3. The largest absolute Gasteiger partial charge is 0.464 e. The molecule has 1 aromatic carbocycles. The third-order valence-corrected chi connectivity index (χ3v) is 13.7. The molecule has 2 aromatic heterocycles. The number of aromatic nitrogens is 2. The fourth-order valence-corrected chi connectivity index (χ4v) is 10.2. The number of ether oxygens (including phenoxy) is 2. The van der Waals surface area contributed by atoms with Crippen LogP contribution in [0.1, 0.15) is 91.0 Å². The number of pyridine rings is 1. The number of hydrogen-bond acceptors (Lipinski definition) is 10. The number of hydrazine groups is 1. The number of esters is 1. The van der Waals surface area contributed by atoms with Crippen LogP contribution < -0.4 is 15.6 Å². The molecule has 7 rings (SSSR count). The first-order valence-electron chi connectivity index (χ1n) is 23.3. The van der Waals surface area contributed by atoms with Gasteiger partial charge in [-0.3, -0.25) is 34.0 Å². The summed E-state index contributed by atoms with van der Waals surface area (Å²) in [6.45, 7) is 18.9. The zero-order valence-electron chi connectivity index (χ0n) is 39.5. The number of nitrogens with one attached hydrogen (secondary N) is 2. The second-order valence-corrected chi connectivity index (χ2v) is 19.3. The number of fused-ring (bicyclic) bond motifs is 6. The summed E-state index contributed by atoms with van der Waals surface area (Å²) >= 11 is 0. The maximum absolute atomic E-state index is 14.7. The Morgan fingerprint density at radius 2 is 1.91 bits per heavy atom. The third kappa shape index (κ3) is 10.0. The number of benzene rings is 1. The molecule has 4 aliphatic heterocycles. The average Bonchev–Trinajstić information content (AvgIpc) is 3.92. The molecule has 0 spiro atoms. The summed E-state index contributed by atoms with van der Waals surface area (Å²) in [6.07, 6.45) is 8.09. The average molecular weight is 893 g/mol. The first-order chi connectivity index (χ1) is 31.0. The Morgan fingerprint density at radius 1 is 1.12 bits per heavy atom. The van der Waals surface area contributed by atoms with Crippen LogP contribution in [0.25, 0.3) is 22.2 Å². The second kappa shape index (κ2) is 19.9. The molecule has 350 valence electrons. The Balaban J connectivity index is 1.25. The van der Waals surface area contributed by atoms with Gasteiger partial charge in [0.25, 0.3) is 5.91 Å². The predicted octanol–water partition coefficient (Wildman–Crippen LogP) is 5.58. The number of hydrogen-bond donors (Lipinski definition) is 2. The van der Waals surface area contributed by atoms with Crippen LogP contribution in [-0.4, -0.2) is 126 Å². The van der Waals surface area contributed by atoms with Crippen molar-refractivity contribution in [3.8, 4) is 11.3 Å². The Hall–Kier alpha value is -5.54. The molecule has 15 heteroatoms. The number of aryl methyl sites for hydroxylation is 1. The molecule has 0 aliphatic carbocycles. The Kier molecular flexibility index (Phi) is 14.5. The number of methoxy groups -OCH3 is 1. The number of anilines is 1. The molecule has 0 radical (unpaired) electrons. The van der Waals surface area contributed by atoms with Crippen molar-refractivity contribution in [1.29, 1.82) is 0 Å². The van der Waals surface area contributed by atoms with Crippen molar-refractivity contribution in [2.75, 3.05) is 58.4 Å². The zero-order valence-corrected chi connectivity index (χ0v) is 39.5. The van der Waals surface area contributed by atoms with Crippen molar-refractivity contribution < 1.29 is 33.4 Å². The number of carbonyl (C=O) groups is 5. The fraction of sp³-hybridized carbons (Fsp3) is 0.560. The molecule has 65 heavy (non-hydrogen) atoms. The first kappa shape index (κ1) is 47.4. The number of rotatable bonds is 10. The summed E-state index contributed by atoms with van der Waals surface area (Å²) in [5, 5.41) is 5.67. The van der Waals surface area contributed by atoms with E-state index in [0.717, 1.165) is 64.2 Å². The molecular weight excluding hydrogens is 825 g/mol. The SMILES string of the molecule is C=CC(=O)N1CC[C@H](C(=O)N(C)C(C(=O)NC2CC3=CCCN(C3)c3ccc4c(c3)c(c(-c3cccnc3C(C)OC)n4CC)CC(C)(C)COC(=O)[C@@H]3CCCN(N3)C2=O)C(C)C)C1. The van der Waals surface area contributed by atoms with Gasteiger partial charge < -0.3 is 34.1 Å². The minimum atomic E-state index is -0.996. The molecule has 4 aliphatic rings. The van der Waals surface area contributed by atoms with Gasteiger partial charge in [0.15, 0.2) is 0 Å². The summed E-state index contributed by atoms with van der Waals surface area (Å²) in [7, 11) is 3.32. The lowest BCUT2D eigenvalue weighted by Crippen LogP contribution is -2.62. The highest BCUT2D eigenvalue weighted by Crippen LogP contribution is 2.42. The van der Waals surface area contributed by atoms with Crippen molar-refractivity contribution in [2.45, 2.75) is 111 Å². The standard InChI is InChI=1S/C50H68N8O7/c1-10-42(59)56-24-20-34(29-56)47(61)54(8)44(31(3)4)46(60)52-40-25-33-15-13-22-55(28-33)35-18-19-41-37(26-35)38(45(57(41)11-2)36-16-12-21-51-43(36)32(5)64-9)27-50(6,7)30-65-49(63)39-17-14-23-58(53-39)48(40)62/h10,12,15-16,18-19,21,26,31-32,34,39-40,44,53H,1,11,13-14,17,20,22-25,27-30H2,2-9H3,(H,52,60)/t32?,34-,39-,40?,44?/m0/s1. The summed E-state index contributed by atoms with van der Waals surface area (Å²) in [5.41, 5.74) is 9.88. The maximum Gasteiger partial charge on any atom is 0.324 e. The normalized spacial score (nSPS) is 22.5. The minimum Gasteiger partial charge on any atom is -0.464 e. The monoisotopic (exact) mass is 893 g/mol. The quantitative estimate of drug-likeness (QED) is 0.150. The van der Waals surface area contributed by atoms with Crippen molar-refractivity contribution in [1.82, 2.24) is 35.1 Å². The molecule has 6 heterocycles. The van der Waals surface area contributed by atoms with Gasteiger partial charge in [0.1, 0.15) is 18.1 Å². The van der Waals surface area contributed by atoms with E-state index in [9.17, 15) is 24.0 Å². The highest BCUT2D eigenvalue weighted by molar-refractivity contribution is 5.96. The fourth-order valence-electron chi connectivity index (χ4n) is 10.2. The Morgan fingerprint density at radius 3 is 2.63 bits per heavy atom. The van der Waals surface area contributed by atoms with Crippen LogP contribution in [-0.2, 0) is 46.4 Å². The van der Waals surface area contributed by atoms with E-state index in [1.165, 1.54) is 16.0 Å². The predicted molar refractivity (Wildman–Crippen MR) is 250 cm³/mol. The van der Waals surface area contributed by atoms with Crippen LogP contribution in [0, 0.1) is 17.3 Å². The van der Waals surface area contributed by atoms with Gasteiger partial charge >= 0.3 is 5.97 Å². The van der Waals surface area contributed by atoms with Crippen LogP contribution in [0.5, 0.6) is 0 Å². The summed E-state index contributed by atoms with van der Waals surface area (Å²) < 4.78 is 14.3. The van der Waals surface area contributed by atoms with E-state index in [2.05, 4.69) is 77.9 Å². The maximum atomic E-state index is 14.7. The van der Waals surface area contributed by atoms with Gasteiger partial charge in [-0.25, -0.2) is 5.43 Å². The lowest BCUT2D eigenvalue weighted by atomic mass is 9.84. The van der Waals surface area contributed by atoms with E-state index in [1.54, 1.807) is 25.3 Å². The van der Waals surface area contributed by atoms with Crippen LogP contribution in [0.2, 0.25) is 0 Å². The Labute approximate surface area is 383 Å². The molecule has 2 fully saturated rings. The first-order valence-corrected chi connectivity index (χ1v) is 23.3. The highest BCUT2D eigenvalue weighted by Gasteiger charge is 2.40. The van der Waals surface area contributed by atoms with E-state index in [-0.39, 0.29) is 49.3 Å². The molecule has 3 unspecified atom stereocenters. The molecule has 3 aromatic rings. The van der Waals surface area contributed by atoms with Gasteiger partial charge in [0.2, 0.25) is 17.7 Å². The lowest BCUT2D eigenvalue weighted by molar-refractivity contribution is -0.155. The van der Waals surface area contributed by atoms with E-state index in [1.807, 2.05) is 26.8 Å². The molecule has 6 bridgehead atoms. The molecule has 4 amide bonds. The molecule has 5 atom stereocenters. The van der Waals surface area contributed by atoms with Crippen molar-refractivity contribution >= 4 is 46.2 Å². The summed E-state index contributed by atoms with van der Waals surface area (Å²) in [4.78, 5) is 79.6. The molecule has 2 saturated heterocycles. The Bertz CT molecular complexity index is 2340. The number of likely N-dealkylation sites (tertiary alicyclic amines) is 1. The molecular formula is C50H68N8O7. The van der Waals surface area contributed by atoms with Crippen LogP contribution in [0.3, 0.4) is 0 Å². The van der Waals surface area contributed by atoms with Gasteiger partial charge in [-0.05, 0) is 100 Å². The van der Waals surface area contributed by atoms with Gasteiger partial charge in [-0.1, -0.05) is 45.9 Å². The third-order valence-electron chi connectivity index (χ3n) is 13.7. The number of cyclic esters (lactones) is 1. The van der Waals surface area contributed by atoms with E-state index >= 15 is 0 Å². The smallest absolute Gasteiger partial charge is 0.324 e. The minimum absolute atomic E-state index is 0.148. The topological polar surface area (TPSA) is 159 Å². The molecule has 0 saturated carbocycles.